The number of carboxylic acid groups (broad SMARTS) is 2. The van der Waals surface area contributed by atoms with Crippen molar-refractivity contribution in [2.24, 2.45) is 0 Å². The SMILES string of the molecule is CCOC(=O)CCCSCCCc1ccc(C(=O)O)c(C(=O)O)c1CCCSCCCC(=O)OCC. The largest absolute Gasteiger partial charge is 0.478 e. The average molecular weight is 543 g/mol. The molecule has 0 aliphatic heterocycles. The standard InChI is InChI=1S/C26H38O8S2/c1-3-33-22(27)11-7-17-35-15-5-9-19-13-14-21(25(29)30)24(26(31)32)20(19)10-6-16-36-18-8-12-23(28)34-4-2/h13-14H,3-12,15-18H2,1-2H3,(H,29,30)(H,31,32). The molecule has 0 radical (unpaired) electrons. The van der Waals surface area contributed by atoms with E-state index in [-0.39, 0.29) is 23.1 Å². The van der Waals surface area contributed by atoms with Gasteiger partial charge >= 0.3 is 23.9 Å². The van der Waals surface area contributed by atoms with Crippen molar-refractivity contribution < 1.29 is 38.9 Å². The summed E-state index contributed by atoms with van der Waals surface area (Å²) in [6.07, 6.45) is 4.95. The Balaban J connectivity index is 2.63. The number of hydrogen-bond donors (Lipinski definition) is 2. The molecule has 0 atom stereocenters. The van der Waals surface area contributed by atoms with Crippen LogP contribution >= 0.6 is 23.5 Å². The van der Waals surface area contributed by atoms with E-state index in [0.717, 1.165) is 47.8 Å². The predicted octanol–water partition coefficient (Wildman–Crippen LogP) is 5.10. The number of carboxylic acids is 2. The number of carbonyl (C=O) groups excluding carboxylic acids is 2. The Morgan fingerprint density at radius 2 is 1.22 bits per heavy atom. The highest BCUT2D eigenvalue weighted by atomic mass is 32.2. The fraction of sp³-hybridized carbons (Fsp3) is 0.615. The van der Waals surface area contributed by atoms with Gasteiger partial charge in [0.2, 0.25) is 0 Å². The Labute approximate surface area is 221 Å². The topological polar surface area (TPSA) is 127 Å². The van der Waals surface area contributed by atoms with Crippen molar-refractivity contribution in [2.75, 3.05) is 36.2 Å². The molecule has 36 heavy (non-hydrogen) atoms. The molecule has 0 saturated heterocycles. The van der Waals surface area contributed by atoms with E-state index in [0.29, 0.717) is 50.9 Å². The Morgan fingerprint density at radius 1 is 0.722 bits per heavy atom. The van der Waals surface area contributed by atoms with Crippen molar-refractivity contribution in [3.05, 3.63) is 34.4 Å². The first-order valence-corrected chi connectivity index (χ1v) is 14.7. The van der Waals surface area contributed by atoms with E-state index in [4.69, 9.17) is 9.47 Å². The molecule has 0 fully saturated rings. The zero-order valence-corrected chi connectivity index (χ0v) is 22.8. The maximum absolute atomic E-state index is 12.0. The van der Waals surface area contributed by atoms with Crippen LogP contribution in [0.15, 0.2) is 12.1 Å². The van der Waals surface area contributed by atoms with Crippen LogP contribution in [0.2, 0.25) is 0 Å². The van der Waals surface area contributed by atoms with E-state index < -0.39 is 11.9 Å². The molecule has 1 aromatic carbocycles. The van der Waals surface area contributed by atoms with Crippen LogP contribution in [0.4, 0.5) is 0 Å². The lowest BCUT2D eigenvalue weighted by Gasteiger charge is -2.15. The second-order valence-corrected chi connectivity index (χ2v) is 10.4. The number of rotatable bonds is 20. The van der Waals surface area contributed by atoms with Crippen LogP contribution < -0.4 is 0 Å². The molecular formula is C26H38O8S2. The van der Waals surface area contributed by atoms with Gasteiger partial charge in [-0.05, 0) is 92.6 Å². The zero-order chi connectivity index (χ0) is 26.8. The van der Waals surface area contributed by atoms with E-state index in [1.807, 2.05) is 0 Å². The first-order chi connectivity index (χ1) is 17.3. The van der Waals surface area contributed by atoms with Gasteiger partial charge in [-0.2, -0.15) is 23.5 Å². The summed E-state index contributed by atoms with van der Waals surface area (Å²) in [6.45, 7) is 4.33. The van der Waals surface area contributed by atoms with Gasteiger partial charge in [0.15, 0.2) is 0 Å². The summed E-state index contributed by atoms with van der Waals surface area (Å²) in [5, 5.41) is 19.3. The smallest absolute Gasteiger partial charge is 0.336 e. The number of ether oxygens (including phenoxy) is 2. The predicted molar refractivity (Wildman–Crippen MR) is 143 cm³/mol. The molecule has 10 heteroatoms. The molecule has 2 N–H and O–H groups in total. The van der Waals surface area contributed by atoms with Crippen molar-refractivity contribution in [3.8, 4) is 0 Å². The fourth-order valence-electron chi connectivity index (χ4n) is 3.66. The normalized spacial score (nSPS) is 10.7. The lowest BCUT2D eigenvalue weighted by molar-refractivity contribution is -0.144. The Hall–Kier alpha value is -2.20. The highest BCUT2D eigenvalue weighted by Gasteiger charge is 2.22. The number of hydrogen-bond acceptors (Lipinski definition) is 8. The number of thioether (sulfide) groups is 2. The number of aryl methyl sites for hydroxylation is 1. The molecule has 1 rings (SSSR count). The van der Waals surface area contributed by atoms with Crippen LogP contribution in [0.3, 0.4) is 0 Å². The Morgan fingerprint density at radius 3 is 1.69 bits per heavy atom. The Kier molecular flexibility index (Phi) is 16.8. The maximum Gasteiger partial charge on any atom is 0.336 e. The van der Waals surface area contributed by atoms with Crippen LogP contribution in [-0.2, 0) is 31.9 Å². The molecule has 0 saturated carbocycles. The van der Waals surface area contributed by atoms with Gasteiger partial charge in [0.25, 0.3) is 0 Å². The monoisotopic (exact) mass is 542 g/mol. The maximum atomic E-state index is 12.0. The van der Waals surface area contributed by atoms with Crippen molar-refractivity contribution in [2.45, 2.75) is 65.2 Å². The van der Waals surface area contributed by atoms with Crippen LogP contribution in [0.1, 0.15) is 84.2 Å². The first-order valence-electron chi connectivity index (χ1n) is 12.4. The molecule has 202 valence electrons. The number of aromatic carboxylic acids is 2. The van der Waals surface area contributed by atoms with Gasteiger partial charge in [0.1, 0.15) is 0 Å². The lowest BCUT2D eigenvalue weighted by Crippen LogP contribution is -2.14. The molecule has 0 aliphatic rings. The number of carbonyl (C=O) groups is 4. The summed E-state index contributed by atoms with van der Waals surface area (Å²) in [5.41, 5.74) is 1.17. The van der Waals surface area contributed by atoms with E-state index in [2.05, 4.69) is 0 Å². The summed E-state index contributed by atoms with van der Waals surface area (Å²) in [6, 6.07) is 3.13. The van der Waals surface area contributed by atoms with Gasteiger partial charge in [0, 0.05) is 12.8 Å². The average Bonchev–Trinajstić information content (AvgIpc) is 2.83. The van der Waals surface area contributed by atoms with E-state index in [9.17, 15) is 29.4 Å². The number of benzene rings is 1. The molecule has 1 aromatic rings. The third-order valence-corrected chi connectivity index (χ3v) is 7.56. The van der Waals surface area contributed by atoms with Crippen LogP contribution in [0.5, 0.6) is 0 Å². The van der Waals surface area contributed by atoms with E-state index in [1.54, 1.807) is 43.4 Å². The summed E-state index contributed by atoms with van der Waals surface area (Å²) in [7, 11) is 0. The van der Waals surface area contributed by atoms with Gasteiger partial charge in [0.05, 0.1) is 24.3 Å². The fourth-order valence-corrected chi connectivity index (χ4v) is 5.46. The summed E-state index contributed by atoms with van der Waals surface area (Å²) in [4.78, 5) is 46.4. The van der Waals surface area contributed by atoms with Crippen LogP contribution in [0.25, 0.3) is 0 Å². The first kappa shape index (κ1) is 31.8. The zero-order valence-electron chi connectivity index (χ0n) is 21.2. The van der Waals surface area contributed by atoms with Crippen molar-refractivity contribution in [3.63, 3.8) is 0 Å². The summed E-state index contributed by atoms with van der Waals surface area (Å²) >= 11 is 3.43. The van der Waals surface area contributed by atoms with Crippen molar-refractivity contribution in [1.82, 2.24) is 0 Å². The second-order valence-electron chi connectivity index (χ2n) is 7.99. The second kappa shape index (κ2) is 19.0. The lowest BCUT2D eigenvalue weighted by atomic mass is 9.91. The highest BCUT2D eigenvalue weighted by molar-refractivity contribution is 7.99. The minimum absolute atomic E-state index is 0.116. The van der Waals surface area contributed by atoms with Gasteiger partial charge in [-0.25, -0.2) is 9.59 Å². The molecule has 0 aromatic heterocycles. The van der Waals surface area contributed by atoms with Gasteiger partial charge in [-0.15, -0.1) is 0 Å². The summed E-state index contributed by atoms with van der Waals surface area (Å²) in [5.74, 6) is 0.454. The van der Waals surface area contributed by atoms with Gasteiger partial charge in [-0.3, -0.25) is 9.59 Å². The minimum Gasteiger partial charge on any atom is -0.478 e. The van der Waals surface area contributed by atoms with Crippen molar-refractivity contribution in [1.29, 1.82) is 0 Å². The van der Waals surface area contributed by atoms with Gasteiger partial charge in [-0.1, -0.05) is 6.07 Å². The third-order valence-electron chi connectivity index (χ3n) is 5.25. The highest BCUT2D eigenvalue weighted by Crippen LogP contribution is 2.25. The minimum atomic E-state index is -1.24. The third kappa shape index (κ3) is 12.7. The van der Waals surface area contributed by atoms with Crippen LogP contribution in [0, 0.1) is 0 Å². The molecule has 0 heterocycles. The molecule has 0 aliphatic carbocycles. The van der Waals surface area contributed by atoms with Crippen LogP contribution in [-0.4, -0.2) is 70.3 Å². The molecule has 0 unspecified atom stereocenters. The number of esters is 2. The van der Waals surface area contributed by atoms with E-state index in [1.165, 1.54) is 6.07 Å². The van der Waals surface area contributed by atoms with Gasteiger partial charge < -0.3 is 19.7 Å². The Bertz CT molecular complexity index is 857. The molecule has 0 amide bonds. The van der Waals surface area contributed by atoms with E-state index >= 15 is 0 Å². The molecule has 8 nitrogen and oxygen atoms in total. The molecular weight excluding hydrogens is 504 g/mol. The quantitative estimate of drug-likeness (QED) is 0.170. The molecule has 0 bridgehead atoms. The molecule has 0 spiro atoms. The van der Waals surface area contributed by atoms with Crippen molar-refractivity contribution >= 4 is 47.4 Å². The summed E-state index contributed by atoms with van der Waals surface area (Å²) < 4.78 is 9.83.